The monoisotopic (exact) mass is 210 g/mol. The van der Waals surface area contributed by atoms with Crippen LogP contribution in [0, 0.1) is 6.92 Å². The Morgan fingerprint density at radius 3 is 2.40 bits per heavy atom. The van der Waals surface area contributed by atoms with Crippen LogP contribution in [0.1, 0.15) is 31.1 Å². The zero-order valence-corrected chi connectivity index (χ0v) is 9.40. The molecule has 0 bridgehead atoms. The standard InChI is InChI=1S/C12H18O3/c1-8-6-11(10(3)14)4-5-12(8)15-7-9(2)13/h4-6,9-10,13-14H,7H2,1-3H3/t9?,10-/m0/s1. The van der Waals surface area contributed by atoms with E-state index in [0.29, 0.717) is 0 Å². The summed E-state index contributed by atoms with van der Waals surface area (Å²) in [6.45, 7) is 5.61. The molecule has 0 aromatic heterocycles. The van der Waals surface area contributed by atoms with Gasteiger partial charge in [-0.25, -0.2) is 0 Å². The van der Waals surface area contributed by atoms with Gasteiger partial charge in [0.15, 0.2) is 0 Å². The van der Waals surface area contributed by atoms with Gasteiger partial charge >= 0.3 is 0 Å². The van der Waals surface area contributed by atoms with E-state index in [4.69, 9.17) is 9.84 Å². The Bertz CT molecular complexity index is 319. The molecule has 0 spiro atoms. The van der Waals surface area contributed by atoms with Gasteiger partial charge in [-0.2, -0.15) is 0 Å². The fourth-order valence-corrected chi connectivity index (χ4v) is 1.30. The average molecular weight is 210 g/mol. The van der Waals surface area contributed by atoms with Gasteiger partial charge in [-0.05, 0) is 44.0 Å². The van der Waals surface area contributed by atoms with Crippen molar-refractivity contribution < 1.29 is 14.9 Å². The molecule has 3 nitrogen and oxygen atoms in total. The summed E-state index contributed by atoms with van der Waals surface area (Å²) in [7, 11) is 0. The van der Waals surface area contributed by atoms with E-state index in [9.17, 15) is 5.11 Å². The first-order chi connectivity index (χ1) is 7.00. The summed E-state index contributed by atoms with van der Waals surface area (Å²) >= 11 is 0. The molecule has 2 atom stereocenters. The Morgan fingerprint density at radius 2 is 1.93 bits per heavy atom. The van der Waals surface area contributed by atoms with Crippen LogP contribution in [-0.2, 0) is 0 Å². The molecule has 0 aliphatic carbocycles. The molecule has 0 saturated heterocycles. The zero-order chi connectivity index (χ0) is 11.4. The van der Waals surface area contributed by atoms with Crippen molar-refractivity contribution >= 4 is 0 Å². The van der Waals surface area contributed by atoms with E-state index in [1.807, 2.05) is 25.1 Å². The second-order valence-corrected chi connectivity index (χ2v) is 3.86. The summed E-state index contributed by atoms with van der Waals surface area (Å²) in [5.74, 6) is 0.750. The van der Waals surface area contributed by atoms with Gasteiger partial charge in [0, 0.05) is 0 Å². The molecule has 1 aromatic carbocycles. The third-order valence-corrected chi connectivity index (χ3v) is 2.16. The van der Waals surface area contributed by atoms with E-state index in [1.54, 1.807) is 13.8 Å². The van der Waals surface area contributed by atoms with Crippen molar-refractivity contribution in [3.8, 4) is 5.75 Å². The number of rotatable bonds is 4. The maximum absolute atomic E-state index is 9.38. The number of ether oxygens (including phenoxy) is 1. The average Bonchev–Trinajstić information content (AvgIpc) is 2.15. The van der Waals surface area contributed by atoms with E-state index in [1.165, 1.54) is 0 Å². The predicted molar refractivity (Wildman–Crippen MR) is 59.0 cm³/mol. The lowest BCUT2D eigenvalue weighted by atomic mass is 10.1. The molecule has 15 heavy (non-hydrogen) atoms. The molecule has 0 aliphatic heterocycles. The van der Waals surface area contributed by atoms with Crippen LogP contribution in [0.2, 0.25) is 0 Å². The highest BCUT2D eigenvalue weighted by molar-refractivity contribution is 5.36. The van der Waals surface area contributed by atoms with Gasteiger partial charge < -0.3 is 14.9 Å². The van der Waals surface area contributed by atoms with Gasteiger partial charge in [0.2, 0.25) is 0 Å². The molecule has 0 heterocycles. The summed E-state index contributed by atoms with van der Waals surface area (Å²) < 4.78 is 5.40. The zero-order valence-electron chi connectivity index (χ0n) is 9.40. The minimum absolute atomic E-state index is 0.287. The number of hydrogen-bond donors (Lipinski definition) is 2. The SMILES string of the molecule is Cc1cc([C@H](C)O)ccc1OCC(C)O. The minimum atomic E-state index is -0.471. The molecular formula is C12H18O3. The van der Waals surface area contributed by atoms with Crippen molar-refractivity contribution in [1.82, 2.24) is 0 Å². The van der Waals surface area contributed by atoms with Crippen LogP contribution in [0.4, 0.5) is 0 Å². The van der Waals surface area contributed by atoms with Crippen LogP contribution in [0.5, 0.6) is 5.75 Å². The maximum atomic E-state index is 9.38. The smallest absolute Gasteiger partial charge is 0.122 e. The normalized spacial score (nSPS) is 14.7. The summed E-state index contributed by atoms with van der Waals surface area (Å²) in [5, 5.41) is 18.5. The maximum Gasteiger partial charge on any atom is 0.122 e. The predicted octanol–water partition coefficient (Wildman–Crippen LogP) is 1.81. The van der Waals surface area contributed by atoms with Gasteiger partial charge in [0.1, 0.15) is 12.4 Å². The van der Waals surface area contributed by atoms with E-state index in [-0.39, 0.29) is 6.61 Å². The highest BCUT2D eigenvalue weighted by Crippen LogP contribution is 2.22. The van der Waals surface area contributed by atoms with Gasteiger partial charge in [-0.3, -0.25) is 0 Å². The van der Waals surface area contributed by atoms with Gasteiger partial charge in [0.25, 0.3) is 0 Å². The molecule has 0 radical (unpaired) electrons. The summed E-state index contributed by atoms with van der Waals surface area (Å²) in [6, 6.07) is 5.54. The van der Waals surface area contributed by atoms with Crippen LogP contribution in [0.15, 0.2) is 18.2 Å². The van der Waals surface area contributed by atoms with Crippen LogP contribution < -0.4 is 4.74 Å². The Kier molecular flexibility index (Phi) is 4.12. The van der Waals surface area contributed by atoms with Gasteiger partial charge in [-0.1, -0.05) is 6.07 Å². The molecule has 2 N–H and O–H groups in total. The van der Waals surface area contributed by atoms with Crippen molar-refractivity contribution in [2.24, 2.45) is 0 Å². The Hall–Kier alpha value is -1.06. The lowest BCUT2D eigenvalue weighted by Gasteiger charge is -2.12. The highest BCUT2D eigenvalue weighted by atomic mass is 16.5. The second-order valence-electron chi connectivity index (χ2n) is 3.86. The Balaban J connectivity index is 2.75. The number of aliphatic hydroxyl groups excluding tert-OH is 2. The van der Waals surface area contributed by atoms with Crippen molar-refractivity contribution in [3.63, 3.8) is 0 Å². The van der Waals surface area contributed by atoms with Crippen LogP contribution in [-0.4, -0.2) is 22.9 Å². The number of aliphatic hydroxyl groups is 2. The van der Waals surface area contributed by atoms with Crippen LogP contribution in [0.25, 0.3) is 0 Å². The Morgan fingerprint density at radius 1 is 1.27 bits per heavy atom. The largest absolute Gasteiger partial charge is 0.491 e. The summed E-state index contributed by atoms with van der Waals surface area (Å²) in [4.78, 5) is 0. The third-order valence-electron chi connectivity index (χ3n) is 2.16. The molecule has 0 amide bonds. The molecule has 0 aliphatic rings. The minimum Gasteiger partial charge on any atom is -0.491 e. The molecule has 0 saturated carbocycles. The summed E-state index contributed by atoms with van der Waals surface area (Å²) in [5.41, 5.74) is 1.84. The molecular weight excluding hydrogens is 192 g/mol. The molecule has 1 rings (SSSR count). The number of benzene rings is 1. The number of aryl methyl sites for hydroxylation is 1. The molecule has 1 unspecified atom stereocenters. The molecule has 1 aromatic rings. The van der Waals surface area contributed by atoms with E-state index in [2.05, 4.69) is 0 Å². The highest BCUT2D eigenvalue weighted by Gasteiger charge is 2.05. The van der Waals surface area contributed by atoms with Crippen molar-refractivity contribution in [3.05, 3.63) is 29.3 Å². The number of hydrogen-bond acceptors (Lipinski definition) is 3. The van der Waals surface area contributed by atoms with Crippen molar-refractivity contribution in [2.45, 2.75) is 33.0 Å². The lowest BCUT2D eigenvalue weighted by Crippen LogP contribution is -2.13. The topological polar surface area (TPSA) is 49.7 Å². The van der Waals surface area contributed by atoms with E-state index < -0.39 is 12.2 Å². The van der Waals surface area contributed by atoms with Crippen molar-refractivity contribution in [1.29, 1.82) is 0 Å². The van der Waals surface area contributed by atoms with Gasteiger partial charge in [-0.15, -0.1) is 0 Å². The first-order valence-electron chi connectivity index (χ1n) is 5.10. The molecule has 84 valence electrons. The first-order valence-corrected chi connectivity index (χ1v) is 5.10. The van der Waals surface area contributed by atoms with E-state index >= 15 is 0 Å². The van der Waals surface area contributed by atoms with Crippen LogP contribution in [0.3, 0.4) is 0 Å². The first kappa shape index (κ1) is 12.0. The lowest BCUT2D eigenvalue weighted by molar-refractivity contribution is 0.122. The van der Waals surface area contributed by atoms with Gasteiger partial charge in [0.05, 0.1) is 12.2 Å². The van der Waals surface area contributed by atoms with Crippen LogP contribution >= 0.6 is 0 Å². The molecule has 3 heteroatoms. The molecule has 0 fully saturated rings. The quantitative estimate of drug-likeness (QED) is 0.796. The fraction of sp³-hybridized carbons (Fsp3) is 0.500. The second kappa shape index (κ2) is 5.14. The fourth-order valence-electron chi connectivity index (χ4n) is 1.30. The van der Waals surface area contributed by atoms with Crippen molar-refractivity contribution in [2.75, 3.05) is 6.61 Å². The summed E-state index contributed by atoms with van der Waals surface area (Å²) in [6.07, 6.45) is -0.935. The Labute approximate surface area is 90.3 Å². The van der Waals surface area contributed by atoms with E-state index in [0.717, 1.165) is 16.9 Å². The third kappa shape index (κ3) is 3.53.